The number of carboxylic acids is 1. The Morgan fingerprint density at radius 1 is 1.37 bits per heavy atom. The third kappa shape index (κ3) is 3.67. The third-order valence-corrected chi connectivity index (χ3v) is 2.59. The molecule has 1 aromatic heterocycles. The lowest BCUT2D eigenvalue weighted by molar-refractivity contribution is 0.0198. The van der Waals surface area contributed by atoms with Crippen molar-refractivity contribution in [1.82, 2.24) is 5.48 Å². The molecule has 0 aliphatic heterocycles. The van der Waals surface area contributed by atoms with E-state index in [2.05, 4.69) is 5.48 Å². The Balaban J connectivity index is 1.80. The van der Waals surface area contributed by atoms with Gasteiger partial charge in [0.2, 0.25) is 5.76 Å². The normalized spacial score (nSPS) is 10.6. The van der Waals surface area contributed by atoms with Crippen LogP contribution in [0.1, 0.15) is 27.4 Å². The number of hydrogen-bond donors (Lipinski definition) is 2. The van der Waals surface area contributed by atoms with Gasteiger partial charge in [-0.2, -0.15) is 5.48 Å². The van der Waals surface area contributed by atoms with Gasteiger partial charge < -0.3 is 9.52 Å². The molecule has 2 aromatic rings. The molecule has 0 aliphatic carbocycles. The van der Waals surface area contributed by atoms with Crippen LogP contribution in [0.3, 0.4) is 0 Å². The van der Waals surface area contributed by atoms with Gasteiger partial charge in [0.05, 0.1) is 13.2 Å². The standard InChI is InChI=1S/C14H15NO4/c1-10-7-12(19-13(10)14(16)17)8-15-18-9-11-5-3-2-4-6-11/h2-7,15H,8-9H2,1H3,(H,16,17). The van der Waals surface area contributed by atoms with Crippen molar-refractivity contribution < 1.29 is 19.2 Å². The second-order valence-electron chi connectivity index (χ2n) is 4.13. The van der Waals surface area contributed by atoms with Gasteiger partial charge >= 0.3 is 5.97 Å². The van der Waals surface area contributed by atoms with E-state index in [1.54, 1.807) is 13.0 Å². The maximum atomic E-state index is 10.8. The van der Waals surface area contributed by atoms with E-state index in [9.17, 15) is 4.79 Å². The molecule has 0 saturated heterocycles. The highest BCUT2D eigenvalue weighted by Crippen LogP contribution is 2.14. The van der Waals surface area contributed by atoms with Gasteiger partial charge in [-0.05, 0) is 18.6 Å². The van der Waals surface area contributed by atoms with Gasteiger partial charge in [-0.25, -0.2) is 4.79 Å². The lowest BCUT2D eigenvalue weighted by atomic mass is 10.2. The molecule has 0 atom stereocenters. The number of carbonyl (C=O) groups is 1. The molecule has 0 unspecified atom stereocenters. The van der Waals surface area contributed by atoms with Crippen LogP contribution in [0.25, 0.3) is 0 Å². The SMILES string of the molecule is Cc1cc(CNOCc2ccccc2)oc1C(=O)O. The summed E-state index contributed by atoms with van der Waals surface area (Å²) in [6, 6.07) is 11.4. The molecule has 5 heteroatoms. The Labute approximate surface area is 110 Å². The monoisotopic (exact) mass is 261 g/mol. The molecule has 0 amide bonds. The van der Waals surface area contributed by atoms with E-state index in [0.29, 0.717) is 24.5 Å². The van der Waals surface area contributed by atoms with Crippen LogP contribution in [0, 0.1) is 6.92 Å². The minimum Gasteiger partial charge on any atom is -0.475 e. The predicted octanol–water partition coefficient (Wildman–Crippen LogP) is 2.51. The first-order valence-corrected chi connectivity index (χ1v) is 5.88. The van der Waals surface area contributed by atoms with Crippen molar-refractivity contribution in [3.63, 3.8) is 0 Å². The second-order valence-corrected chi connectivity index (χ2v) is 4.13. The summed E-state index contributed by atoms with van der Waals surface area (Å²) in [7, 11) is 0. The summed E-state index contributed by atoms with van der Waals surface area (Å²) in [6.45, 7) is 2.45. The Kier molecular flexibility index (Phi) is 4.33. The summed E-state index contributed by atoms with van der Waals surface area (Å²) in [5.41, 5.74) is 4.40. The molecule has 0 bridgehead atoms. The smallest absolute Gasteiger partial charge is 0.372 e. The molecular weight excluding hydrogens is 246 g/mol. The van der Waals surface area contributed by atoms with E-state index in [4.69, 9.17) is 14.4 Å². The second kappa shape index (κ2) is 6.17. The first-order valence-electron chi connectivity index (χ1n) is 5.88. The maximum Gasteiger partial charge on any atom is 0.372 e. The Morgan fingerprint density at radius 3 is 2.74 bits per heavy atom. The average Bonchev–Trinajstić information content (AvgIpc) is 2.77. The predicted molar refractivity (Wildman–Crippen MR) is 68.5 cm³/mol. The van der Waals surface area contributed by atoms with Crippen LogP contribution in [0.15, 0.2) is 40.8 Å². The highest BCUT2D eigenvalue weighted by Gasteiger charge is 2.13. The number of nitrogens with one attached hydrogen (secondary N) is 1. The van der Waals surface area contributed by atoms with Crippen LogP contribution in [0.5, 0.6) is 0 Å². The Bertz CT molecular complexity index is 548. The van der Waals surface area contributed by atoms with Crippen molar-refractivity contribution >= 4 is 5.97 Å². The molecular formula is C14H15NO4. The molecule has 0 radical (unpaired) electrons. The summed E-state index contributed by atoms with van der Waals surface area (Å²) < 4.78 is 5.19. The molecule has 1 aromatic carbocycles. The van der Waals surface area contributed by atoms with Crippen molar-refractivity contribution in [1.29, 1.82) is 0 Å². The number of rotatable bonds is 6. The van der Waals surface area contributed by atoms with Crippen molar-refractivity contribution in [3.05, 3.63) is 59.0 Å². The number of carboxylic acid groups (broad SMARTS) is 1. The molecule has 19 heavy (non-hydrogen) atoms. The zero-order chi connectivity index (χ0) is 13.7. The molecule has 0 aliphatic rings. The molecule has 1 heterocycles. The van der Waals surface area contributed by atoms with Crippen molar-refractivity contribution in [2.24, 2.45) is 0 Å². The van der Waals surface area contributed by atoms with E-state index in [0.717, 1.165) is 5.56 Å². The summed E-state index contributed by atoms with van der Waals surface area (Å²) >= 11 is 0. The fraction of sp³-hybridized carbons (Fsp3) is 0.214. The first kappa shape index (κ1) is 13.3. The van der Waals surface area contributed by atoms with Crippen molar-refractivity contribution in [2.75, 3.05) is 0 Å². The third-order valence-electron chi connectivity index (χ3n) is 2.59. The first-order chi connectivity index (χ1) is 9.16. The number of aryl methyl sites for hydroxylation is 1. The molecule has 0 fully saturated rings. The maximum absolute atomic E-state index is 10.8. The molecule has 5 nitrogen and oxygen atoms in total. The number of benzene rings is 1. The Morgan fingerprint density at radius 2 is 2.11 bits per heavy atom. The van der Waals surface area contributed by atoms with Gasteiger partial charge in [0.1, 0.15) is 5.76 Å². The van der Waals surface area contributed by atoms with Crippen molar-refractivity contribution in [2.45, 2.75) is 20.1 Å². The van der Waals surface area contributed by atoms with Crippen LogP contribution in [0.2, 0.25) is 0 Å². The van der Waals surface area contributed by atoms with E-state index < -0.39 is 5.97 Å². The molecule has 0 saturated carbocycles. The van der Waals surface area contributed by atoms with E-state index in [1.165, 1.54) is 0 Å². The van der Waals surface area contributed by atoms with Crippen LogP contribution >= 0.6 is 0 Å². The van der Waals surface area contributed by atoms with Crippen LogP contribution < -0.4 is 5.48 Å². The Hall–Kier alpha value is -2.11. The summed E-state index contributed by atoms with van der Waals surface area (Å²) in [6.07, 6.45) is 0. The summed E-state index contributed by atoms with van der Waals surface area (Å²) in [5.74, 6) is -0.559. The number of hydrogen-bond acceptors (Lipinski definition) is 4. The van der Waals surface area contributed by atoms with E-state index >= 15 is 0 Å². The van der Waals surface area contributed by atoms with E-state index in [-0.39, 0.29) is 5.76 Å². The lowest BCUT2D eigenvalue weighted by Gasteiger charge is -2.04. The van der Waals surface area contributed by atoms with Gasteiger partial charge in [0.15, 0.2) is 0 Å². The van der Waals surface area contributed by atoms with Crippen LogP contribution in [-0.4, -0.2) is 11.1 Å². The average molecular weight is 261 g/mol. The largest absolute Gasteiger partial charge is 0.475 e. The lowest BCUT2D eigenvalue weighted by Crippen LogP contribution is -2.13. The minimum atomic E-state index is -1.06. The fourth-order valence-corrected chi connectivity index (χ4v) is 1.68. The summed E-state index contributed by atoms with van der Waals surface area (Å²) in [4.78, 5) is 16.1. The van der Waals surface area contributed by atoms with Gasteiger partial charge in [0, 0.05) is 5.56 Å². The number of aromatic carboxylic acids is 1. The van der Waals surface area contributed by atoms with Crippen molar-refractivity contribution in [3.8, 4) is 0 Å². The van der Waals surface area contributed by atoms with Gasteiger partial charge in [-0.3, -0.25) is 4.84 Å². The molecule has 2 N–H and O–H groups in total. The molecule has 100 valence electrons. The van der Waals surface area contributed by atoms with Crippen LogP contribution in [0.4, 0.5) is 0 Å². The fourth-order valence-electron chi connectivity index (χ4n) is 1.68. The summed E-state index contributed by atoms with van der Waals surface area (Å²) in [5, 5.41) is 8.85. The zero-order valence-corrected chi connectivity index (χ0v) is 10.6. The topological polar surface area (TPSA) is 71.7 Å². The van der Waals surface area contributed by atoms with Gasteiger partial charge in [-0.15, -0.1) is 0 Å². The molecule has 0 spiro atoms. The van der Waals surface area contributed by atoms with Gasteiger partial charge in [-0.1, -0.05) is 30.3 Å². The van der Waals surface area contributed by atoms with Crippen LogP contribution in [-0.2, 0) is 18.0 Å². The van der Waals surface area contributed by atoms with Gasteiger partial charge in [0.25, 0.3) is 0 Å². The number of hydroxylamine groups is 1. The highest BCUT2D eigenvalue weighted by atomic mass is 16.6. The highest BCUT2D eigenvalue weighted by molar-refractivity contribution is 5.86. The number of furan rings is 1. The zero-order valence-electron chi connectivity index (χ0n) is 10.6. The quantitative estimate of drug-likeness (QED) is 0.617. The van der Waals surface area contributed by atoms with E-state index in [1.807, 2.05) is 30.3 Å². The minimum absolute atomic E-state index is 0.0279. The molecule has 2 rings (SSSR count).